The van der Waals surface area contributed by atoms with Crippen LogP contribution in [0, 0.1) is 12.7 Å². The van der Waals surface area contributed by atoms with Crippen LogP contribution in [0.5, 0.6) is 5.75 Å². The summed E-state index contributed by atoms with van der Waals surface area (Å²) in [6.45, 7) is 2.78. The fraction of sp³-hybridized carbons (Fsp3) is 0.167. The maximum atomic E-state index is 14.1. The number of halogens is 1. The molecule has 0 unspecified atom stereocenters. The zero-order chi connectivity index (χ0) is 28.3. The topological polar surface area (TPSA) is 107 Å². The van der Waals surface area contributed by atoms with Gasteiger partial charge in [-0.1, -0.05) is 54.6 Å². The van der Waals surface area contributed by atoms with E-state index in [-0.39, 0.29) is 24.6 Å². The summed E-state index contributed by atoms with van der Waals surface area (Å²) in [6, 6.07) is 23.1. The first-order valence-electron chi connectivity index (χ1n) is 13.1. The van der Waals surface area contributed by atoms with E-state index in [9.17, 15) is 14.0 Å². The lowest BCUT2D eigenvalue weighted by Gasteiger charge is -2.19. The Morgan fingerprint density at radius 1 is 1.02 bits per heavy atom. The smallest absolute Gasteiger partial charge is 0.298 e. The van der Waals surface area contributed by atoms with Crippen molar-refractivity contribution in [3.05, 3.63) is 124 Å². The zero-order valence-electron chi connectivity index (χ0n) is 22.2. The minimum Gasteiger partial charge on any atom is -0.481 e. The molecule has 5 aromatic rings. The lowest BCUT2D eigenvalue weighted by atomic mass is 10.1. The first-order valence-corrected chi connectivity index (χ1v) is 13.1. The van der Waals surface area contributed by atoms with Crippen LogP contribution in [0.1, 0.15) is 27.4 Å². The van der Waals surface area contributed by atoms with Gasteiger partial charge < -0.3 is 15.0 Å². The van der Waals surface area contributed by atoms with Crippen LogP contribution in [0.15, 0.2) is 90.0 Å². The first-order chi connectivity index (χ1) is 20.0. The number of aromatic nitrogens is 5. The molecule has 0 fully saturated rings. The van der Waals surface area contributed by atoms with Crippen LogP contribution in [0.3, 0.4) is 0 Å². The Morgan fingerprint density at radius 3 is 2.51 bits per heavy atom. The van der Waals surface area contributed by atoms with Crippen molar-refractivity contribution in [3.8, 4) is 11.4 Å². The van der Waals surface area contributed by atoms with Gasteiger partial charge in [-0.05, 0) is 42.3 Å². The van der Waals surface area contributed by atoms with Gasteiger partial charge in [-0.15, -0.1) is 0 Å². The van der Waals surface area contributed by atoms with Crippen LogP contribution < -0.4 is 20.5 Å². The molecule has 1 aliphatic heterocycles. The van der Waals surface area contributed by atoms with Gasteiger partial charge in [0.15, 0.2) is 5.69 Å². The van der Waals surface area contributed by atoms with Gasteiger partial charge in [0, 0.05) is 25.3 Å². The van der Waals surface area contributed by atoms with Crippen molar-refractivity contribution in [2.75, 3.05) is 11.4 Å². The van der Waals surface area contributed by atoms with E-state index in [4.69, 9.17) is 4.74 Å². The van der Waals surface area contributed by atoms with Crippen molar-refractivity contribution < 1.29 is 13.9 Å². The maximum absolute atomic E-state index is 14.1. The molecule has 206 valence electrons. The molecule has 1 aliphatic rings. The number of nitrogens with zero attached hydrogens (tertiary/aromatic N) is 6. The average molecular weight is 552 g/mol. The number of ether oxygens (including phenoxy) is 1. The number of hydrogen-bond acceptors (Lipinski definition) is 7. The number of carbonyl (C=O) groups excluding carboxylic acids is 1. The lowest BCUT2D eigenvalue weighted by Crippen LogP contribution is -2.31. The monoisotopic (exact) mass is 551 g/mol. The van der Waals surface area contributed by atoms with E-state index in [1.54, 1.807) is 13.0 Å². The molecule has 3 heterocycles. The second-order valence-corrected chi connectivity index (χ2v) is 9.48. The maximum Gasteiger partial charge on any atom is 0.298 e. The minimum atomic E-state index is -0.598. The van der Waals surface area contributed by atoms with Gasteiger partial charge in [-0.2, -0.15) is 5.10 Å². The number of benzene rings is 3. The summed E-state index contributed by atoms with van der Waals surface area (Å²) >= 11 is 0. The van der Waals surface area contributed by atoms with Crippen LogP contribution in [-0.2, 0) is 19.7 Å². The second kappa shape index (κ2) is 11.0. The fourth-order valence-corrected chi connectivity index (χ4v) is 4.78. The molecule has 11 heteroatoms. The number of carbonyl (C=O) groups is 1. The van der Waals surface area contributed by atoms with Gasteiger partial charge in [-0.3, -0.25) is 14.2 Å². The highest BCUT2D eigenvalue weighted by Crippen LogP contribution is 2.29. The molecule has 1 amide bonds. The zero-order valence-corrected chi connectivity index (χ0v) is 22.2. The molecule has 0 radical (unpaired) electrons. The molecule has 0 spiro atoms. The van der Waals surface area contributed by atoms with Crippen molar-refractivity contribution in [2.45, 2.75) is 26.6 Å². The number of nitrogens with one attached hydrogen (secondary N) is 1. The minimum absolute atomic E-state index is 0.0222. The van der Waals surface area contributed by atoms with Crippen molar-refractivity contribution in [1.29, 1.82) is 0 Å². The van der Waals surface area contributed by atoms with Gasteiger partial charge in [0.2, 0.25) is 11.7 Å². The first kappa shape index (κ1) is 25.9. The van der Waals surface area contributed by atoms with E-state index in [2.05, 4.69) is 20.4 Å². The second-order valence-electron chi connectivity index (χ2n) is 9.48. The Balaban J connectivity index is 1.35. The summed E-state index contributed by atoms with van der Waals surface area (Å²) in [5.41, 5.74) is 2.18. The standard InChI is InChI=1S/C30H26FN7O3/c1-20-33-19-34-38(20)25-16-23(31)13-12-22(25)17-32-28(39)26-27(41-18-21-8-4-2-5-9-21)29(40)37-15-14-36(30(37)35-26)24-10-6-3-7-11-24/h2-13,16,19H,14-15,17-18H2,1H3,(H,32,39). The van der Waals surface area contributed by atoms with Gasteiger partial charge in [-0.25, -0.2) is 19.0 Å². The van der Waals surface area contributed by atoms with Gasteiger partial charge in [0.1, 0.15) is 24.6 Å². The number of hydrogen-bond donors (Lipinski definition) is 1. The molecule has 10 nitrogen and oxygen atoms in total. The fourth-order valence-electron chi connectivity index (χ4n) is 4.78. The highest BCUT2D eigenvalue weighted by molar-refractivity contribution is 5.95. The third-order valence-electron chi connectivity index (χ3n) is 6.84. The molecule has 41 heavy (non-hydrogen) atoms. The predicted octanol–water partition coefficient (Wildman–Crippen LogP) is 3.93. The molecule has 0 atom stereocenters. The van der Waals surface area contributed by atoms with Crippen molar-refractivity contribution >= 4 is 17.5 Å². The lowest BCUT2D eigenvalue weighted by molar-refractivity contribution is 0.0940. The average Bonchev–Trinajstić information content (AvgIpc) is 3.63. The van der Waals surface area contributed by atoms with E-state index >= 15 is 0 Å². The Labute approximate surface area is 234 Å². The van der Waals surface area contributed by atoms with E-state index in [1.807, 2.05) is 65.6 Å². The van der Waals surface area contributed by atoms with Crippen LogP contribution in [-0.4, -0.2) is 36.8 Å². The number of para-hydroxylation sites is 1. The quantitative estimate of drug-likeness (QED) is 0.311. The Morgan fingerprint density at radius 2 is 1.78 bits per heavy atom. The van der Waals surface area contributed by atoms with Crippen LogP contribution >= 0.6 is 0 Å². The summed E-state index contributed by atoms with van der Waals surface area (Å²) in [6.07, 6.45) is 1.37. The summed E-state index contributed by atoms with van der Waals surface area (Å²) in [5.74, 6) is -0.250. The highest BCUT2D eigenvalue weighted by atomic mass is 19.1. The molecular weight excluding hydrogens is 525 g/mol. The third kappa shape index (κ3) is 5.17. The number of rotatable bonds is 8. The van der Waals surface area contributed by atoms with Crippen LogP contribution in [0.4, 0.5) is 16.0 Å². The summed E-state index contributed by atoms with van der Waals surface area (Å²) < 4.78 is 23.1. The molecule has 0 saturated carbocycles. The highest BCUT2D eigenvalue weighted by Gasteiger charge is 2.30. The van der Waals surface area contributed by atoms with Crippen molar-refractivity contribution in [2.24, 2.45) is 0 Å². The number of fused-ring (bicyclic) bond motifs is 1. The molecule has 3 aromatic carbocycles. The van der Waals surface area contributed by atoms with E-state index in [1.165, 1.54) is 27.7 Å². The SMILES string of the molecule is Cc1ncnn1-c1cc(F)ccc1CNC(=O)c1nc2n(c(=O)c1OCc1ccccc1)CCN2c1ccccc1. The number of aryl methyl sites for hydroxylation is 1. The summed E-state index contributed by atoms with van der Waals surface area (Å²) in [4.78, 5) is 38.0. The van der Waals surface area contributed by atoms with E-state index in [0.717, 1.165) is 11.3 Å². The third-order valence-corrected chi connectivity index (χ3v) is 6.84. The Hall–Kier alpha value is -5.32. The number of anilines is 2. The normalized spacial score (nSPS) is 12.3. The van der Waals surface area contributed by atoms with Gasteiger partial charge in [0.05, 0.1) is 5.69 Å². The predicted molar refractivity (Wildman–Crippen MR) is 150 cm³/mol. The van der Waals surface area contributed by atoms with E-state index in [0.29, 0.717) is 36.1 Å². The van der Waals surface area contributed by atoms with Crippen LogP contribution in [0.2, 0.25) is 0 Å². The van der Waals surface area contributed by atoms with Crippen LogP contribution in [0.25, 0.3) is 5.69 Å². The Bertz CT molecular complexity index is 1770. The number of amides is 1. The molecule has 0 bridgehead atoms. The van der Waals surface area contributed by atoms with Crippen molar-refractivity contribution in [1.82, 2.24) is 29.6 Å². The summed E-state index contributed by atoms with van der Waals surface area (Å²) in [7, 11) is 0. The summed E-state index contributed by atoms with van der Waals surface area (Å²) in [5, 5.41) is 7.01. The molecule has 6 rings (SSSR count). The molecular formula is C30H26FN7O3. The molecule has 1 N–H and O–H groups in total. The van der Waals surface area contributed by atoms with E-state index < -0.39 is 17.3 Å². The molecule has 0 aliphatic carbocycles. The molecule has 0 saturated heterocycles. The largest absolute Gasteiger partial charge is 0.481 e. The molecule has 2 aromatic heterocycles. The van der Waals surface area contributed by atoms with Crippen molar-refractivity contribution in [3.63, 3.8) is 0 Å². The van der Waals surface area contributed by atoms with Gasteiger partial charge >= 0.3 is 0 Å². The Kier molecular flexibility index (Phi) is 6.99. The van der Waals surface area contributed by atoms with Gasteiger partial charge in [0.25, 0.3) is 11.5 Å².